The van der Waals surface area contributed by atoms with Gasteiger partial charge in [0.2, 0.25) is 0 Å². The summed E-state index contributed by atoms with van der Waals surface area (Å²) in [7, 11) is 0. The van der Waals surface area contributed by atoms with Crippen LogP contribution in [0.3, 0.4) is 0 Å². The van der Waals surface area contributed by atoms with Crippen molar-refractivity contribution < 1.29 is 0 Å². The Morgan fingerprint density at radius 3 is 1.97 bits per heavy atom. The Hall–Kier alpha value is -4.10. The van der Waals surface area contributed by atoms with Crippen molar-refractivity contribution in [3.63, 3.8) is 0 Å². The summed E-state index contributed by atoms with van der Waals surface area (Å²) in [5.74, 6) is 0.562. The summed E-state index contributed by atoms with van der Waals surface area (Å²) in [6.45, 7) is 7.75. The van der Waals surface area contributed by atoms with Crippen LogP contribution in [0, 0.1) is 12.8 Å². The van der Waals surface area contributed by atoms with E-state index in [1.54, 1.807) is 0 Å². The fraction of sp³-hybridized carbons (Fsp3) is 0.167. The molecule has 182 valence electrons. The lowest BCUT2D eigenvalue weighted by Gasteiger charge is -2.28. The van der Waals surface area contributed by atoms with E-state index in [2.05, 4.69) is 141 Å². The maximum absolute atomic E-state index is 2.45. The highest BCUT2D eigenvalue weighted by atomic mass is 15.1. The smallest absolute Gasteiger partial charge is 0.0440 e. The molecule has 5 aromatic rings. The number of aryl methyl sites for hydroxylation is 1. The highest BCUT2D eigenvalue weighted by molar-refractivity contribution is 6.15. The lowest BCUT2D eigenvalue weighted by molar-refractivity contribution is 0.651. The molecule has 0 spiro atoms. The predicted octanol–water partition coefficient (Wildman–Crippen LogP) is 10.2. The molecule has 0 unspecified atom stereocenters. The molecule has 6 rings (SSSR count). The van der Waals surface area contributed by atoms with Crippen molar-refractivity contribution in [2.24, 2.45) is 5.92 Å². The molecule has 0 amide bonds. The van der Waals surface area contributed by atoms with Crippen LogP contribution in [0.2, 0.25) is 0 Å². The van der Waals surface area contributed by atoms with E-state index in [9.17, 15) is 0 Å². The summed E-state index contributed by atoms with van der Waals surface area (Å²) in [6, 6.07) is 33.6. The first kappa shape index (κ1) is 23.3. The minimum Gasteiger partial charge on any atom is -0.341 e. The molecule has 0 aliphatic heterocycles. The summed E-state index contributed by atoms with van der Waals surface area (Å²) in [6.07, 6.45) is 10.1. The van der Waals surface area contributed by atoms with Gasteiger partial charge in [0, 0.05) is 17.9 Å². The van der Waals surface area contributed by atoms with Crippen LogP contribution in [0.1, 0.15) is 37.0 Å². The van der Waals surface area contributed by atoms with Crippen LogP contribution < -0.4 is 4.90 Å². The van der Waals surface area contributed by atoms with Crippen molar-refractivity contribution >= 4 is 45.1 Å². The van der Waals surface area contributed by atoms with Crippen molar-refractivity contribution in [3.05, 3.63) is 120 Å². The molecule has 1 aliphatic rings. The molecule has 0 radical (unpaired) electrons. The van der Waals surface area contributed by atoms with Crippen LogP contribution in [-0.4, -0.2) is 6.54 Å². The molecule has 1 nitrogen and oxygen atoms in total. The van der Waals surface area contributed by atoms with E-state index < -0.39 is 0 Å². The van der Waals surface area contributed by atoms with Gasteiger partial charge in [-0.2, -0.15) is 0 Å². The first-order valence-corrected chi connectivity index (χ1v) is 13.4. The molecule has 0 saturated heterocycles. The topological polar surface area (TPSA) is 3.24 Å². The van der Waals surface area contributed by atoms with Crippen LogP contribution in [0.25, 0.3) is 44.8 Å². The number of anilines is 2. The Morgan fingerprint density at radius 1 is 0.649 bits per heavy atom. The number of nitrogens with zero attached hydrogens (tertiary/aromatic N) is 1. The molecule has 0 N–H and O–H groups in total. The SMILES string of the molecule is Cc1ccccc1N(CC(C)C)c1ccc(-c2ccc3c4c(c5ccccc5c3c2)C=CCC=C4)cc1. The number of hydrogen-bond donors (Lipinski definition) is 0. The van der Waals surface area contributed by atoms with E-state index in [0.29, 0.717) is 5.92 Å². The predicted molar refractivity (Wildman–Crippen MR) is 163 cm³/mol. The fourth-order valence-corrected chi connectivity index (χ4v) is 5.64. The highest BCUT2D eigenvalue weighted by Crippen LogP contribution is 2.38. The molecule has 0 bridgehead atoms. The summed E-state index contributed by atoms with van der Waals surface area (Å²) in [4.78, 5) is 2.45. The highest BCUT2D eigenvalue weighted by Gasteiger charge is 2.15. The van der Waals surface area contributed by atoms with Crippen molar-refractivity contribution in [1.82, 2.24) is 0 Å². The lowest BCUT2D eigenvalue weighted by Crippen LogP contribution is -2.23. The van der Waals surface area contributed by atoms with E-state index in [4.69, 9.17) is 0 Å². The third-order valence-corrected chi connectivity index (χ3v) is 7.41. The van der Waals surface area contributed by atoms with Crippen LogP contribution >= 0.6 is 0 Å². The first-order chi connectivity index (χ1) is 18.1. The quantitative estimate of drug-likeness (QED) is 0.227. The van der Waals surface area contributed by atoms with Crippen molar-refractivity contribution in [3.8, 4) is 11.1 Å². The van der Waals surface area contributed by atoms with Crippen molar-refractivity contribution in [2.45, 2.75) is 27.2 Å². The molecule has 0 heterocycles. The van der Waals surface area contributed by atoms with Gasteiger partial charge in [-0.25, -0.2) is 0 Å². The number of benzene rings is 5. The fourth-order valence-electron chi connectivity index (χ4n) is 5.64. The molecular weight excluding hydrogens is 446 g/mol. The Bertz CT molecular complexity index is 1650. The van der Waals surface area contributed by atoms with Gasteiger partial charge >= 0.3 is 0 Å². The molecule has 37 heavy (non-hydrogen) atoms. The second-order valence-electron chi connectivity index (χ2n) is 10.5. The Kier molecular flexibility index (Phi) is 6.14. The third-order valence-electron chi connectivity index (χ3n) is 7.41. The number of hydrogen-bond acceptors (Lipinski definition) is 1. The number of allylic oxidation sites excluding steroid dienone is 2. The van der Waals surface area contributed by atoms with Gasteiger partial charge in [0.15, 0.2) is 0 Å². The van der Waals surface area contributed by atoms with Gasteiger partial charge in [0.05, 0.1) is 0 Å². The number of fused-ring (bicyclic) bond motifs is 6. The van der Waals surface area contributed by atoms with Gasteiger partial charge in [0.1, 0.15) is 0 Å². The second-order valence-corrected chi connectivity index (χ2v) is 10.5. The average Bonchev–Trinajstić information content (AvgIpc) is 3.19. The van der Waals surface area contributed by atoms with Crippen LogP contribution in [0.4, 0.5) is 11.4 Å². The van der Waals surface area contributed by atoms with E-state index in [1.165, 1.54) is 60.7 Å². The van der Waals surface area contributed by atoms with Crippen LogP contribution in [-0.2, 0) is 0 Å². The standard InChI is InChI=1S/C36H33N/c1-25(2)24-37(36-16-10-7-11-26(36)3)29-20-17-27(18-21-29)28-19-22-34-32-13-6-4-5-12-30(32)31-14-8-9-15-33(31)35(34)23-28/h5-23,25H,4,24H2,1-3H3. The zero-order valence-electron chi connectivity index (χ0n) is 21.9. The molecule has 1 aliphatic carbocycles. The number of rotatable bonds is 5. The van der Waals surface area contributed by atoms with Gasteiger partial charge in [-0.15, -0.1) is 0 Å². The van der Waals surface area contributed by atoms with Crippen LogP contribution in [0.15, 0.2) is 103 Å². The summed E-state index contributed by atoms with van der Waals surface area (Å²) in [5, 5.41) is 5.27. The van der Waals surface area contributed by atoms with E-state index in [-0.39, 0.29) is 0 Å². The molecule has 1 heteroatoms. The van der Waals surface area contributed by atoms with Crippen molar-refractivity contribution in [1.29, 1.82) is 0 Å². The minimum absolute atomic E-state index is 0.562. The Morgan fingerprint density at radius 2 is 1.27 bits per heavy atom. The maximum atomic E-state index is 2.45. The maximum Gasteiger partial charge on any atom is 0.0440 e. The van der Waals surface area contributed by atoms with E-state index in [0.717, 1.165) is 13.0 Å². The largest absolute Gasteiger partial charge is 0.341 e. The second kappa shape index (κ2) is 9.75. The van der Waals surface area contributed by atoms with Gasteiger partial charge in [-0.05, 0) is 92.9 Å². The third kappa shape index (κ3) is 4.36. The summed E-state index contributed by atoms with van der Waals surface area (Å²) in [5.41, 5.74) is 8.97. The van der Waals surface area contributed by atoms with E-state index >= 15 is 0 Å². The van der Waals surface area contributed by atoms with Gasteiger partial charge in [-0.3, -0.25) is 0 Å². The zero-order valence-corrected chi connectivity index (χ0v) is 21.9. The van der Waals surface area contributed by atoms with E-state index in [1.807, 2.05) is 0 Å². The van der Waals surface area contributed by atoms with Crippen molar-refractivity contribution in [2.75, 3.05) is 11.4 Å². The summed E-state index contributed by atoms with van der Waals surface area (Å²) >= 11 is 0. The summed E-state index contributed by atoms with van der Waals surface area (Å²) < 4.78 is 0. The van der Waals surface area contributed by atoms with Crippen LogP contribution in [0.5, 0.6) is 0 Å². The van der Waals surface area contributed by atoms with Gasteiger partial charge in [0.25, 0.3) is 0 Å². The molecular formula is C36H33N. The normalized spacial score (nSPS) is 12.8. The minimum atomic E-state index is 0.562. The molecule has 0 atom stereocenters. The molecule has 0 saturated carbocycles. The average molecular weight is 480 g/mol. The zero-order chi connectivity index (χ0) is 25.4. The number of para-hydroxylation sites is 1. The first-order valence-electron chi connectivity index (χ1n) is 13.4. The molecule has 5 aromatic carbocycles. The van der Waals surface area contributed by atoms with Gasteiger partial charge < -0.3 is 4.90 Å². The monoisotopic (exact) mass is 479 g/mol. The lowest BCUT2D eigenvalue weighted by atomic mass is 9.89. The Labute approximate surface area is 220 Å². The van der Waals surface area contributed by atoms with Gasteiger partial charge in [-0.1, -0.05) is 105 Å². The Balaban J connectivity index is 1.45. The molecule has 0 fully saturated rings. The molecule has 0 aromatic heterocycles.